The summed E-state index contributed by atoms with van der Waals surface area (Å²) in [4.78, 5) is 33.6. The van der Waals surface area contributed by atoms with Crippen LogP contribution in [0, 0.1) is 5.92 Å². The highest BCUT2D eigenvalue weighted by atomic mass is 32.2. The molecular formula is C25H33N5O6S. The van der Waals surface area contributed by atoms with Gasteiger partial charge >= 0.3 is 5.97 Å². The largest absolute Gasteiger partial charge is 0.480 e. The lowest BCUT2D eigenvalue weighted by atomic mass is 10.0. The highest BCUT2D eigenvalue weighted by molar-refractivity contribution is 7.89. The second-order valence-electron chi connectivity index (χ2n) is 9.22. The van der Waals surface area contributed by atoms with E-state index in [1.165, 1.54) is 12.1 Å². The zero-order valence-electron chi connectivity index (χ0n) is 20.9. The van der Waals surface area contributed by atoms with E-state index in [9.17, 15) is 23.1 Å². The zero-order valence-corrected chi connectivity index (χ0v) is 21.7. The first kappa shape index (κ1) is 28.1. The van der Waals surface area contributed by atoms with Gasteiger partial charge in [-0.15, -0.1) is 0 Å². The van der Waals surface area contributed by atoms with Gasteiger partial charge in [-0.3, -0.25) is 9.59 Å². The van der Waals surface area contributed by atoms with Crippen LogP contribution in [0.1, 0.15) is 38.7 Å². The predicted molar refractivity (Wildman–Crippen MR) is 139 cm³/mol. The van der Waals surface area contributed by atoms with E-state index in [0.29, 0.717) is 18.9 Å². The van der Waals surface area contributed by atoms with E-state index in [-0.39, 0.29) is 23.1 Å². The highest BCUT2D eigenvalue weighted by Crippen LogP contribution is 2.17. The normalized spacial score (nSPS) is 16.1. The van der Waals surface area contributed by atoms with Gasteiger partial charge in [0.2, 0.25) is 10.0 Å². The quantitative estimate of drug-likeness (QED) is 0.270. The fourth-order valence-corrected chi connectivity index (χ4v) is 4.93. The lowest BCUT2D eigenvalue weighted by molar-refractivity contribution is -0.138. The van der Waals surface area contributed by atoms with Gasteiger partial charge in [0.05, 0.1) is 4.90 Å². The number of rotatable bonds is 14. The summed E-state index contributed by atoms with van der Waals surface area (Å²) in [5.74, 6) is -0.821. The summed E-state index contributed by atoms with van der Waals surface area (Å²) in [6, 6.07) is 10.3. The molecule has 0 spiro atoms. The van der Waals surface area contributed by atoms with Crippen LogP contribution in [-0.4, -0.2) is 61.3 Å². The van der Waals surface area contributed by atoms with Crippen molar-refractivity contribution in [2.45, 2.75) is 56.6 Å². The molecule has 1 unspecified atom stereocenters. The van der Waals surface area contributed by atoms with Crippen LogP contribution in [-0.2, 0) is 30.9 Å². The number of carbonyl (C=O) groups excluding carboxylic acids is 1. The SMILES string of the molecule is CC(C)Cc1ccc(S(=O)(=O)N[C@@H](CNC(=O)C2=NOC(CCCNc3ccccn3)C2)C(=O)O)cc1. The van der Waals surface area contributed by atoms with Gasteiger partial charge in [-0.05, 0) is 55.0 Å². The molecule has 1 aliphatic rings. The number of nitrogens with zero attached hydrogens (tertiary/aromatic N) is 2. The lowest BCUT2D eigenvalue weighted by Gasteiger charge is -2.16. The van der Waals surface area contributed by atoms with Crippen molar-refractivity contribution in [2.24, 2.45) is 11.1 Å². The number of pyridine rings is 1. The summed E-state index contributed by atoms with van der Waals surface area (Å²) in [6.45, 7) is 4.35. The Kier molecular flexibility index (Phi) is 9.98. The lowest BCUT2D eigenvalue weighted by Crippen LogP contribution is -2.49. The number of oxime groups is 1. The van der Waals surface area contributed by atoms with Crippen LogP contribution in [0.5, 0.6) is 0 Å². The smallest absolute Gasteiger partial charge is 0.323 e. The number of nitrogens with one attached hydrogen (secondary N) is 3. The van der Waals surface area contributed by atoms with Crippen molar-refractivity contribution in [3.05, 3.63) is 54.2 Å². The van der Waals surface area contributed by atoms with Gasteiger partial charge in [0, 0.05) is 25.7 Å². The predicted octanol–water partition coefficient (Wildman–Crippen LogP) is 2.17. The molecule has 1 amide bonds. The number of anilines is 1. The molecule has 1 aromatic carbocycles. The Morgan fingerprint density at radius 2 is 1.92 bits per heavy atom. The summed E-state index contributed by atoms with van der Waals surface area (Å²) in [5.41, 5.74) is 1.12. The van der Waals surface area contributed by atoms with Crippen LogP contribution in [0.15, 0.2) is 58.7 Å². The molecule has 200 valence electrons. The summed E-state index contributed by atoms with van der Waals surface area (Å²) < 4.78 is 27.5. The topological polar surface area (TPSA) is 159 Å². The van der Waals surface area contributed by atoms with E-state index in [0.717, 1.165) is 24.2 Å². The van der Waals surface area contributed by atoms with Gasteiger partial charge in [-0.1, -0.05) is 37.2 Å². The van der Waals surface area contributed by atoms with E-state index in [4.69, 9.17) is 4.84 Å². The van der Waals surface area contributed by atoms with Crippen molar-refractivity contribution in [3.63, 3.8) is 0 Å². The molecule has 1 aliphatic heterocycles. The van der Waals surface area contributed by atoms with E-state index in [1.807, 2.05) is 18.2 Å². The molecule has 0 radical (unpaired) electrons. The van der Waals surface area contributed by atoms with Crippen molar-refractivity contribution in [1.82, 2.24) is 15.0 Å². The van der Waals surface area contributed by atoms with Gasteiger partial charge < -0.3 is 20.6 Å². The van der Waals surface area contributed by atoms with Crippen LogP contribution < -0.4 is 15.4 Å². The molecule has 11 nitrogen and oxygen atoms in total. The Balaban J connectivity index is 1.44. The molecule has 2 atom stereocenters. The van der Waals surface area contributed by atoms with Crippen molar-refractivity contribution >= 4 is 33.4 Å². The van der Waals surface area contributed by atoms with Crippen molar-refractivity contribution in [2.75, 3.05) is 18.4 Å². The van der Waals surface area contributed by atoms with Gasteiger partial charge in [0.25, 0.3) is 5.91 Å². The third-order valence-electron chi connectivity index (χ3n) is 5.61. The molecule has 0 saturated carbocycles. The number of aromatic nitrogens is 1. The molecule has 2 aromatic rings. The fraction of sp³-hybridized carbons (Fsp3) is 0.440. The maximum absolute atomic E-state index is 12.7. The minimum absolute atomic E-state index is 0.0495. The Labute approximate surface area is 216 Å². The second-order valence-corrected chi connectivity index (χ2v) is 10.9. The Morgan fingerprint density at radius 1 is 1.16 bits per heavy atom. The number of carbonyl (C=O) groups is 2. The molecule has 2 heterocycles. The minimum Gasteiger partial charge on any atom is -0.480 e. The van der Waals surface area contributed by atoms with E-state index >= 15 is 0 Å². The molecule has 0 fully saturated rings. The molecule has 3 rings (SSSR count). The Bertz CT molecular complexity index is 1190. The molecule has 4 N–H and O–H groups in total. The van der Waals surface area contributed by atoms with Crippen molar-refractivity contribution in [1.29, 1.82) is 0 Å². The maximum Gasteiger partial charge on any atom is 0.323 e. The van der Waals surface area contributed by atoms with Gasteiger partial charge in [-0.2, -0.15) is 4.72 Å². The fourth-order valence-electron chi connectivity index (χ4n) is 3.74. The number of sulfonamides is 1. The number of carboxylic acids is 1. The first-order valence-electron chi connectivity index (χ1n) is 12.1. The molecule has 0 saturated heterocycles. The van der Waals surface area contributed by atoms with Gasteiger partial charge in [-0.25, -0.2) is 13.4 Å². The number of amides is 1. The summed E-state index contributed by atoms with van der Waals surface area (Å²) >= 11 is 0. The number of hydrogen-bond donors (Lipinski definition) is 4. The standard InChI is InChI=1S/C25H33N5O6S/c1-17(2)14-18-8-10-20(11-9-18)37(34,35)30-22(25(32)33)16-28-24(31)21-15-19(36-29-21)6-5-13-27-23-7-3-4-12-26-23/h3-4,7-12,17,19,22,30H,5-6,13-16H2,1-2H3,(H,26,27)(H,28,31)(H,32,33)/t19?,22-/m0/s1. The van der Waals surface area contributed by atoms with Crippen LogP contribution in [0.2, 0.25) is 0 Å². The number of hydrogen-bond acceptors (Lipinski definition) is 8. The van der Waals surface area contributed by atoms with Crippen LogP contribution in [0.4, 0.5) is 5.82 Å². The Hall–Kier alpha value is -3.51. The molecule has 0 aliphatic carbocycles. The molecule has 12 heteroatoms. The zero-order chi connectivity index (χ0) is 26.8. The van der Waals surface area contributed by atoms with E-state index in [2.05, 4.69) is 39.3 Å². The van der Waals surface area contributed by atoms with Crippen LogP contribution in [0.25, 0.3) is 0 Å². The van der Waals surface area contributed by atoms with Crippen molar-refractivity contribution < 1.29 is 28.0 Å². The van der Waals surface area contributed by atoms with Crippen molar-refractivity contribution in [3.8, 4) is 0 Å². The molecular weight excluding hydrogens is 498 g/mol. The maximum atomic E-state index is 12.7. The first-order valence-corrected chi connectivity index (χ1v) is 13.6. The highest BCUT2D eigenvalue weighted by Gasteiger charge is 2.29. The van der Waals surface area contributed by atoms with E-state index in [1.54, 1.807) is 18.3 Å². The summed E-state index contributed by atoms with van der Waals surface area (Å²) in [7, 11) is -4.11. The second kappa shape index (κ2) is 13.2. The van der Waals surface area contributed by atoms with Gasteiger partial charge in [0.15, 0.2) is 0 Å². The number of aliphatic carboxylic acids is 1. The summed E-state index contributed by atoms with van der Waals surface area (Å²) in [6.07, 6.45) is 3.95. The van der Waals surface area contributed by atoms with Crippen LogP contribution >= 0.6 is 0 Å². The average molecular weight is 532 g/mol. The van der Waals surface area contributed by atoms with Gasteiger partial charge in [0.1, 0.15) is 23.7 Å². The minimum atomic E-state index is -4.11. The first-order chi connectivity index (χ1) is 17.6. The Morgan fingerprint density at radius 3 is 2.57 bits per heavy atom. The number of benzene rings is 1. The van der Waals surface area contributed by atoms with Crippen LogP contribution in [0.3, 0.4) is 0 Å². The molecule has 37 heavy (non-hydrogen) atoms. The number of carboxylic acid groups (broad SMARTS) is 1. The third-order valence-corrected chi connectivity index (χ3v) is 7.10. The van der Waals surface area contributed by atoms with E-state index < -0.39 is 34.5 Å². The summed E-state index contributed by atoms with van der Waals surface area (Å²) in [5, 5.41) is 19.0. The average Bonchev–Trinajstić information content (AvgIpc) is 3.34. The third kappa shape index (κ3) is 8.83. The molecule has 1 aromatic heterocycles. The molecule has 0 bridgehead atoms. The monoisotopic (exact) mass is 531 g/mol.